The molecule has 5 heteroatoms. The predicted octanol–water partition coefficient (Wildman–Crippen LogP) is 2.80. The molecule has 0 atom stereocenters. The minimum atomic E-state index is -3.40. The van der Waals surface area contributed by atoms with E-state index in [1.54, 1.807) is 0 Å². The molecule has 0 aromatic heterocycles. The zero-order valence-electron chi connectivity index (χ0n) is 9.37. The lowest BCUT2D eigenvalue weighted by Gasteiger charge is -2.10. The van der Waals surface area contributed by atoms with Crippen molar-refractivity contribution in [3.05, 3.63) is 35.9 Å². The van der Waals surface area contributed by atoms with Gasteiger partial charge in [0.15, 0.2) is 0 Å². The van der Waals surface area contributed by atoms with Crippen LogP contribution in [0.3, 0.4) is 0 Å². The number of fused-ring (bicyclic) bond motifs is 1. The topological polar surface area (TPSA) is 46.5 Å². The molecule has 0 amide bonds. The first-order valence-corrected chi connectivity index (χ1v) is 5.51. The predicted molar refractivity (Wildman–Crippen MR) is 59.6 cm³/mol. The third kappa shape index (κ3) is 1.30. The zero-order valence-corrected chi connectivity index (χ0v) is 9.37. The highest BCUT2D eigenvalue weighted by atomic mass is 19.3. The van der Waals surface area contributed by atoms with Gasteiger partial charge in [-0.15, -0.1) is 0 Å². The fraction of sp³-hybridized carbons (Fsp3) is 0.308. The second-order valence-electron chi connectivity index (χ2n) is 4.70. The Morgan fingerprint density at radius 1 is 1.39 bits per heavy atom. The van der Waals surface area contributed by atoms with Gasteiger partial charge in [-0.3, -0.25) is 4.79 Å². The van der Waals surface area contributed by atoms with E-state index in [1.807, 2.05) is 0 Å². The fourth-order valence-corrected chi connectivity index (χ4v) is 2.26. The van der Waals surface area contributed by atoms with Gasteiger partial charge in [0.25, 0.3) is 0 Å². The summed E-state index contributed by atoms with van der Waals surface area (Å²) in [5.41, 5.74) is -0.588. The second kappa shape index (κ2) is 3.10. The number of hydrogen-bond donors (Lipinski definition) is 1. The van der Waals surface area contributed by atoms with Gasteiger partial charge in [0.1, 0.15) is 5.75 Å². The first kappa shape index (κ1) is 11.2. The Morgan fingerprint density at radius 2 is 2.06 bits per heavy atom. The summed E-state index contributed by atoms with van der Waals surface area (Å²) in [4.78, 5) is 11.2. The second-order valence-corrected chi connectivity index (χ2v) is 4.70. The number of carboxylic acids is 1. The van der Waals surface area contributed by atoms with Crippen LogP contribution in [0.5, 0.6) is 5.75 Å². The van der Waals surface area contributed by atoms with Gasteiger partial charge in [0, 0.05) is 5.56 Å². The smallest absolute Gasteiger partial charge is 0.426 e. The molecule has 1 aromatic rings. The van der Waals surface area contributed by atoms with Crippen LogP contribution in [-0.4, -0.2) is 17.2 Å². The zero-order chi connectivity index (χ0) is 13.1. The van der Waals surface area contributed by atoms with Crippen molar-refractivity contribution in [3.63, 3.8) is 0 Å². The van der Waals surface area contributed by atoms with Crippen molar-refractivity contribution in [2.75, 3.05) is 0 Å². The first-order valence-electron chi connectivity index (χ1n) is 5.51. The van der Waals surface area contributed by atoms with Crippen LogP contribution in [-0.2, 0) is 10.2 Å². The molecule has 0 unspecified atom stereocenters. The highest BCUT2D eigenvalue weighted by molar-refractivity contribution is 5.86. The third-order valence-corrected chi connectivity index (χ3v) is 3.61. The molecule has 0 radical (unpaired) electrons. The Balaban J connectivity index is 2.07. The highest BCUT2D eigenvalue weighted by Crippen LogP contribution is 2.52. The number of aliphatic carboxylic acids is 1. The van der Waals surface area contributed by atoms with Gasteiger partial charge < -0.3 is 9.84 Å². The summed E-state index contributed by atoms with van der Waals surface area (Å²) in [6.07, 6.45) is -2.34. The maximum Gasteiger partial charge on any atom is 0.426 e. The van der Waals surface area contributed by atoms with E-state index in [4.69, 9.17) is 0 Å². The Morgan fingerprint density at radius 3 is 2.61 bits per heavy atom. The number of halogens is 2. The Labute approximate surface area is 102 Å². The Hall–Kier alpha value is -1.91. The van der Waals surface area contributed by atoms with Crippen molar-refractivity contribution in [2.45, 2.75) is 24.4 Å². The lowest BCUT2D eigenvalue weighted by molar-refractivity contribution is -0.140. The molecule has 1 fully saturated rings. The van der Waals surface area contributed by atoms with Crippen LogP contribution in [0.4, 0.5) is 8.78 Å². The van der Waals surface area contributed by atoms with Gasteiger partial charge in [-0.05, 0) is 30.5 Å². The molecule has 2 aliphatic rings. The lowest BCUT2D eigenvalue weighted by atomic mass is 9.93. The summed E-state index contributed by atoms with van der Waals surface area (Å²) < 4.78 is 31.1. The number of benzene rings is 1. The van der Waals surface area contributed by atoms with Crippen LogP contribution in [0, 0.1) is 0 Å². The van der Waals surface area contributed by atoms with Crippen molar-refractivity contribution in [1.82, 2.24) is 0 Å². The van der Waals surface area contributed by atoms with Crippen LogP contribution < -0.4 is 4.74 Å². The summed E-state index contributed by atoms with van der Waals surface area (Å²) in [7, 11) is 0. The number of carbonyl (C=O) groups is 1. The van der Waals surface area contributed by atoms with E-state index >= 15 is 0 Å². The molecule has 1 heterocycles. The lowest BCUT2D eigenvalue weighted by Crippen LogP contribution is -2.19. The maximum atomic E-state index is 13.3. The van der Waals surface area contributed by atoms with E-state index in [2.05, 4.69) is 11.3 Å². The van der Waals surface area contributed by atoms with E-state index in [1.165, 1.54) is 18.2 Å². The maximum absolute atomic E-state index is 13.3. The van der Waals surface area contributed by atoms with E-state index < -0.39 is 23.1 Å². The van der Waals surface area contributed by atoms with Gasteiger partial charge in [0.05, 0.1) is 11.0 Å². The number of rotatable bonds is 2. The van der Waals surface area contributed by atoms with E-state index in [-0.39, 0.29) is 11.3 Å². The van der Waals surface area contributed by atoms with Crippen molar-refractivity contribution >= 4 is 11.5 Å². The molecular formula is C13H10F2O3. The van der Waals surface area contributed by atoms with Crippen LogP contribution in [0.2, 0.25) is 0 Å². The minimum absolute atomic E-state index is 0.0509. The molecule has 1 N–H and O–H groups in total. The molecule has 0 bridgehead atoms. The molecule has 1 saturated carbocycles. The molecular weight excluding hydrogens is 242 g/mol. The average Bonchev–Trinajstić information content (AvgIpc) is 3.05. The summed E-state index contributed by atoms with van der Waals surface area (Å²) in [5.74, 6) is -0.867. The molecule has 1 aromatic carbocycles. The molecule has 1 aliphatic carbocycles. The number of carboxylic acid groups (broad SMARTS) is 1. The molecule has 94 valence electrons. The SMILES string of the molecule is C=C1c2cc(C3(C(=O)O)CC3)ccc2OC1(F)F. The molecule has 0 saturated heterocycles. The van der Waals surface area contributed by atoms with Gasteiger partial charge in [0.2, 0.25) is 0 Å². The normalized spacial score (nSPS) is 22.2. The quantitative estimate of drug-likeness (QED) is 0.880. The van der Waals surface area contributed by atoms with E-state index in [9.17, 15) is 18.7 Å². The van der Waals surface area contributed by atoms with Gasteiger partial charge in [-0.25, -0.2) is 0 Å². The number of ether oxygens (including phenoxy) is 1. The standard InChI is InChI=1S/C13H10F2O3/c1-7-9-6-8(12(4-5-12)11(16)17)2-3-10(9)18-13(7,14)15/h2-3,6H,1,4-5H2,(H,16,17). The minimum Gasteiger partial charge on any atom is -0.481 e. The van der Waals surface area contributed by atoms with E-state index in [0.717, 1.165) is 0 Å². The summed E-state index contributed by atoms with van der Waals surface area (Å²) in [6.45, 7) is 3.31. The van der Waals surface area contributed by atoms with Crippen LogP contribution >= 0.6 is 0 Å². The highest BCUT2D eigenvalue weighted by Gasteiger charge is 2.53. The number of alkyl halides is 2. The van der Waals surface area contributed by atoms with Crippen LogP contribution in [0.25, 0.3) is 5.57 Å². The fourth-order valence-electron chi connectivity index (χ4n) is 2.26. The van der Waals surface area contributed by atoms with Crippen LogP contribution in [0.1, 0.15) is 24.0 Å². The van der Waals surface area contributed by atoms with E-state index in [0.29, 0.717) is 18.4 Å². The summed E-state index contributed by atoms with van der Waals surface area (Å²) in [6, 6.07) is 4.38. The summed E-state index contributed by atoms with van der Waals surface area (Å²) in [5, 5.41) is 9.17. The third-order valence-electron chi connectivity index (χ3n) is 3.61. The van der Waals surface area contributed by atoms with Gasteiger partial charge >= 0.3 is 12.1 Å². The van der Waals surface area contributed by atoms with Crippen molar-refractivity contribution in [2.24, 2.45) is 0 Å². The van der Waals surface area contributed by atoms with Gasteiger partial charge in [-0.1, -0.05) is 12.6 Å². The first-order chi connectivity index (χ1) is 8.37. The van der Waals surface area contributed by atoms with Crippen molar-refractivity contribution in [1.29, 1.82) is 0 Å². The average molecular weight is 252 g/mol. The summed E-state index contributed by atoms with van der Waals surface area (Å²) >= 11 is 0. The van der Waals surface area contributed by atoms with Crippen molar-refractivity contribution in [3.8, 4) is 5.75 Å². The number of hydrogen-bond acceptors (Lipinski definition) is 2. The van der Waals surface area contributed by atoms with Crippen molar-refractivity contribution < 1.29 is 23.4 Å². The Kier molecular flexibility index (Phi) is 1.93. The molecule has 0 spiro atoms. The molecule has 3 rings (SSSR count). The molecule has 3 nitrogen and oxygen atoms in total. The monoisotopic (exact) mass is 252 g/mol. The molecule has 18 heavy (non-hydrogen) atoms. The van der Waals surface area contributed by atoms with Gasteiger partial charge in [-0.2, -0.15) is 8.78 Å². The largest absolute Gasteiger partial charge is 0.481 e. The molecule has 1 aliphatic heterocycles. The van der Waals surface area contributed by atoms with Crippen LogP contribution in [0.15, 0.2) is 24.8 Å². The Bertz CT molecular complexity index is 574.